The Hall–Kier alpha value is -1.81. The van der Waals surface area contributed by atoms with Gasteiger partial charge < -0.3 is 9.80 Å². The molecule has 0 spiro atoms. The molecule has 6 nitrogen and oxygen atoms in total. The Bertz CT molecular complexity index is 563. The van der Waals surface area contributed by atoms with E-state index in [9.17, 15) is 10.1 Å². The van der Waals surface area contributed by atoms with Crippen LogP contribution in [0.15, 0.2) is 11.4 Å². The van der Waals surface area contributed by atoms with E-state index in [1.54, 1.807) is 18.0 Å². The maximum atomic E-state index is 11.4. The number of carbonyl (C=O) groups is 1. The van der Waals surface area contributed by atoms with Crippen molar-refractivity contribution in [2.24, 2.45) is 0 Å². The van der Waals surface area contributed by atoms with Crippen LogP contribution in [-0.4, -0.2) is 53.2 Å². The molecule has 1 aromatic heterocycles. The van der Waals surface area contributed by atoms with E-state index >= 15 is 0 Å². The average molecular weight is 305 g/mol. The summed E-state index contributed by atoms with van der Waals surface area (Å²) in [5, 5.41) is 9.88. The molecule has 0 saturated carbocycles. The van der Waals surface area contributed by atoms with Gasteiger partial charge in [-0.15, -0.1) is 0 Å². The molecule has 112 valence electrons. The third kappa shape index (κ3) is 3.45. The molecule has 0 unspecified atom stereocenters. The largest absolute Gasteiger partial charge is 0.355 e. The number of piperidine rings is 1. The van der Waals surface area contributed by atoms with Gasteiger partial charge in [-0.2, -0.15) is 5.26 Å². The van der Waals surface area contributed by atoms with E-state index in [0.717, 1.165) is 25.9 Å². The first-order valence-electron chi connectivity index (χ1n) is 6.86. The Morgan fingerprint density at radius 1 is 1.52 bits per heavy atom. The predicted molar refractivity (Wildman–Crippen MR) is 82.2 cm³/mol. The Balaban J connectivity index is 2.12. The number of hydrogen-bond donors (Lipinski definition) is 0. The zero-order valence-electron chi connectivity index (χ0n) is 12.5. The van der Waals surface area contributed by atoms with Crippen LogP contribution in [0.4, 0.5) is 5.82 Å². The molecule has 1 fully saturated rings. The average Bonchev–Trinajstić information content (AvgIpc) is 2.53. The molecule has 0 N–H and O–H groups in total. The van der Waals surface area contributed by atoms with Crippen molar-refractivity contribution in [2.75, 3.05) is 31.3 Å². The van der Waals surface area contributed by atoms with E-state index in [1.807, 2.05) is 13.3 Å². The lowest BCUT2D eigenvalue weighted by Crippen LogP contribution is -2.45. The maximum Gasteiger partial charge on any atom is 0.219 e. The molecular formula is C14H19N5OS. The van der Waals surface area contributed by atoms with E-state index in [-0.39, 0.29) is 11.9 Å². The number of thioether (sulfide) groups is 1. The number of nitrogens with zero attached hydrogens (tertiary/aromatic N) is 5. The minimum atomic E-state index is 0.0952. The highest BCUT2D eigenvalue weighted by Gasteiger charge is 2.26. The van der Waals surface area contributed by atoms with Crippen molar-refractivity contribution >= 4 is 23.5 Å². The fourth-order valence-corrected chi connectivity index (χ4v) is 2.83. The van der Waals surface area contributed by atoms with E-state index in [1.165, 1.54) is 11.8 Å². The molecule has 21 heavy (non-hydrogen) atoms. The van der Waals surface area contributed by atoms with Crippen molar-refractivity contribution < 1.29 is 4.79 Å². The van der Waals surface area contributed by atoms with Crippen molar-refractivity contribution in [1.82, 2.24) is 14.9 Å². The van der Waals surface area contributed by atoms with Crippen LogP contribution in [0, 0.1) is 11.3 Å². The molecule has 0 aromatic carbocycles. The number of hydrogen-bond acceptors (Lipinski definition) is 6. The third-order valence-corrected chi connectivity index (χ3v) is 4.42. The second-order valence-corrected chi connectivity index (χ2v) is 5.83. The first-order chi connectivity index (χ1) is 10.1. The summed E-state index contributed by atoms with van der Waals surface area (Å²) < 4.78 is 0. The zero-order chi connectivity index (χ0) is 15.4. The quantitative estimate of drug-likeness (QED) is 0.622. The van der Waals surface area contributed by atoms with Crippen molar-refractivity contribution in [3.8, 4) is 6.07 Å². The van der Waals surface area contributed by atoms with E-state index in [4.69, 9.17) is 0 Å². The van der Waals surface area contributed by atoms with Crippen molar-refractivity contribution in [1.29, 1.82) is 5.26 Å². The van der Waals surface area contributed by atoms with Crippen LogP contribution in [0.5, 0.6) is 0 Å². The highest BCUT2D eigenvalue weighted by molar-refractivity contribution is 7.98. The smallest absolute Gasteiger partial charge is 0.219 e. The first kappa shape index (κ1) is 15.6. The molecule has 1 aromatic rings. The molecular weight excluding hydrogens is 286 g/mol. The van der Waals surface area contributed by atoms with Crippen molar-refractivity contribution in [3.05, 3.63) is 11.8 Å². The molecule has 2 heterocycles. The molecule has 1 amide bonds. The Kier molecular flexibility index (Phi) is 5.02. The van der Waals surface area contributed by atoms with Gasteiger partial charge >= 0.3 is 0 Å². The lowest BCUT2D eigenvalue weighted by molar-refractivity contribution is -0.129. The van der Waals surface area contributed by atoms with Gasteiger partial charge in [-0.05, 0) is 19.1 Å². The topological polar surface area (TPSA) is 73.1 Å². The van der Waals surface area contributed by atoms with Gasteiger partial charge in [0.05, 0.1) is 6.20 Å². The summed E-state index contributed by atoms with van der Waals surface area (Å²) in [4.78, 5) is 23.9. The number of nitriles is 1. The molecule has 0 atom stereocenters. The SMILES string of the molecule is CSc1ncc(C#N)c(N2CCC(N(C)C(C)=O)CC2)n1. The molecule has 0 bridgehead atoms. The van der Waals surface area contributed by atoms with Gasteiger partial charge in [0, 0.05) is 33.1 Å². The summed E-state index contributed by atoms with van der Waals surface area (Å²) in [5.74, 6) is 0.804. The predicted octanol–water partition coefficient (Wildman–Crippen LogP) is 1.52. The summed E-state index contributed by atoms with van der Waals surface area (Å²) >= 11 is 1.46. The summed E-state index contributed by atoms with van der Waals surface area (Å²) in [6.45, 7) is 3.18. The molecule has 7 heteroatoms. The number of carbonyl (C=O) groups excluding carboxylic acids is 1. The fraction of sp³-hybridized carbons (Fsp3) is 0.571. The monoisotopic (exact) mass is 305 g/mol. The van der Waals surface area contributed by atoms with Gasteiger partial charge in [0.25, 0.3) is 0 Å². The van der Waals surface area contributed by atoms with Gasteiger partial charge in [-0.1, -0.05) is 11.8 Å². The first-order valence-corrected chi connectivity index (χ1v) is 8.08. The highest BCUT2D eigenvalue weighted by Crippen LogP contribution is 2.24. The van der Waals surface area contributed by atoms with E-state index in [0.29, 0.717) is 16.5 Å². The van der Waals surface area contributed by atoms with Crippen LogP contribution in [0.1, 0.15) is 25.3 Å². The molecule has 0 radical (unpaired) electrons. The molecule has 1 aliphatic heterocycles. The van der Waals surface area contributed by atoms with Crippen molar-refractivity contribution in [2.45, 2.75) is 31.0 Å². The molecule has 1 saturated heterocycles. The minimum absolute atomic E-state index is 0.0952. The Morgan fingerprint density at radius 3 is 2.71 bits per heavy atom. The maximum absolute atomic E-state index is 11.4. The highest BCUT2D eigenvalue weighted by atomic mass is 32.2. The van der Waals surface area contributed by atoms with Gasteiger partial charge in [-0.25, -0.2) is 9.97 Å². The summed E-state index contributed by atoms with van der Waals surface area (Å²) in [6.07, 6.45) is 5.28. The third-order valence-electron chi connectivity index (χ3n) is 3.86. The normalized spacial score (nSPS) is 15.6. The fourth-order valence-electron chi connectivity index (χ4n) is 2.50. The second-order valence-electron chi connectivity index (χ2n) is 5.05. The Labute approximate surface area is 129 Å². The minimum Gasteiger partial charge on any atom is -0.355 e. The van der Waals surface area contributed by atoms with Gasteiger partial charge in [0.2, 0.25) is 5.91 Å². The number of aromatic nitrogens is 2. The summed E-state index contributed by atoms with van der Waals surface area (Å²) in [7, 11) is 1.85. The Morgan fingerprint density at radius 2 is 2.19 bits per heavy atom. The standard InChI is InChI=1S/C14H19N5OS/c1-10(20)18(2)12-4-6-19(7-5-12)13-11(8-15)9-16-14(17-13)21-3/h9,12H,4-7H2,1-3H3. The van der Waals surface area contributed by atoms with Gasteiger partial charge in [-0.3, -0.25) is 4.79 Å². The van der Waals surface area contributed by atoms with Crippen LogP contribution < -0.4 is 4.90 Å². The van der Waals surface area contributed by atoms with Crippen LogP contribution in [0.2, 0.25) is 0 Å². The number of rotatable bonds is 3. The van der Waals surface area contributed by atoms with Crippen LogP contribution in [0.3, 0.4) is 0 Å². The number of amides is 1. The molecule has 1 aliphatic rings. The van der Waals surface area contributed by atoms with Crippen LogP contribution >= 0.6 is 11.8 Å². The molecule has 0 aliphatic carbocycles. The number of anilines is 1. The lowest BCUT2D eigenvalue weighted by Gasteiger charge is -2.37. The zero-order valence-corrected chi connectivity index (χ0v) is 13.4. The summed E-state index contributed by atoms with van der Waals surface area (Å²) in [6, 6.07) is 2.43. The molecule has 2 rings (SSSR count). The second kappa shape index (κ2) is 6.76. The van der Waals surface area contributed by atoms with Gasteiger partial charge in [0.15, 0.2) is 11.0 Å². The van der Waals surface area contributed by atoms with Gasteiger partial charge in [0.1, 0.15) is 11.6 Å². The van der Waals surface area contributed by atoms with Crippen LogP contribution in [-0.2, 0) is 4.79 Å². The summed E-state index contributed by atoms with van der Waals surface area (Å²) in [5.41, 5.74) is 0.506. The van der Waals surface area contributed by atoms with E-state index < -0.39 is 0 Å². The van der Waals surface area contributed by atoms with E-state index in [2.05, 4.69) is 20.9 Å². The lowest BCUT2D eigenvalue weighted by atomic mass is 10.0. The van der Waals surface area contributed by atoms with Crippen molar-refractivity contribution in [3.63, 3.8) is 0 Å². The van der Waals surface area contributed by atoms with Crippen LogP contribution in [0.25, 0.3) is 0 Å².